The second-order valence-electron chi connectivity index (χ2n) is 8.56. The van der Waals surface area contributed by atoms with Gasteiger partial charge in [0.25, 0.3) is 0 Å². The minimum absolute atomic E-state index is 0.206. The molecule has 0 radical (unpaired) electrons. The predicted octanol–water partition coefficient (Wildman–Crippen LogP) is 1.96. The molecule has 0 saturated carbocycles. The van der Waals surface area contributed by atoms with Gasteiger partial charge in [0.05, 0.1) is 11.1 Å². The maximum absolute atomic E-state index is 13.7. The molecule has 1 unspecified atom stereocenters. The topological polar surface area (TPSA) is 130 Å². The molecule has 1 atom stereocenters. The van der Waals surface area contributed by atoms with Gasteiger partial charge in [0.15, 0.2) is 0 Å². The van der Waals surface area contributed by atoms with Crippen molar-refractivity contribution in [2.75, 3.05) is 26.2 Å². The van der Waals surface area contributed by atoms with E-state index >= 15 is 0 Å². The number of tetrazole rings is 1. The summed E-state index contributed by atoms with van der Waals surface area (Å²) in [4.78, 5) is 1.36. The molecule has 9 nitrogen and oxygen atoms in total. The Bertz CT molecular complexity index is 1280. The number of benzene rings is 2. The highest BCUT2D eigenvalue weighted by molar-refractivity contribution is 7.89. The van der Waals surface area contributed by atoms with E-state index in [-0.39, 0.29) is 17.0 Å². The summed E-state index contributed by atoms with van der Waals surface area (Å²) in [5.41, 5.74) is 0.106. The van der Waals surface area contributed by atoms with E-state index in [1.165, 1.54) is 6.07 Å². The third-order valence-corrected chi connectivity index (χ3v) is 7.46. The highest BCUT2D eigenvalue weighted by Crippen LogP contribution is 2.43. The van der Waals surface area contributed by atoms with E-state index in [0.29, 0.717) is 23.6 Å². The van der Waals surface area contributed by atoms with Gasteiger partial charge in [0, 0.05) is 31.6 Å². The van der Waals surface area contributed by atoms with E-state index in [1.54, 1.807) is 12.1 Å². The van der Waals surface area contributed by atoms with Crippen molar-refractivity contribution in [3.05, 3.63) is 47.5 Å². The Balaban J connectivity index is 1.53. The molecule has 2 aliphatic heterocycles. The number of nitrogens with one attached hydrogen (secondary N) is 2. The first kappa shape index (κ1) is 22.9. The summed E-state index contributed by atoms with van der Waals surface area (Å²) in [6.45, 7) is 3.95. The molecule has 4 N–H and O–H groups in total. The maximum atomic E-state index is 13.7. The van der Waals surface area contributed by atoms with Gasteiger partial charge in [0.2, 0.25) is 15.8 Å². The molecule has 2 aromatic carbocycles. The van der Waals surface area contributed by atoms with E-state index in [4.69, 9.17) is 5.14 Å². The Hall–Kier alpha value is -2.87. The Morgan fingerprint density at radius 3 is 2.38 bits per heavy atom. The average molecular weight is 494 g/mol. The molecule has 2 aliphatic rings. The Labute approximate surface area is 193 Å². The van der Waals surface area contributed by atoms with Crippen molar-refractivity contribution in [2.45, 2.75) is 29.5 Å². The standard InChI is InChI=1S/C21H22F3N7O2S/c22-21(23,24)17-6-5-16(18(19(17)34(25,32)33)20-27-29-30-28-20)13-3-1-12(2-4-13)14-10-31(11-14)15-7-8-26-9-15/h1-6,14-15,26H,7-11H2,(H2,25,32,33)(H,27,28,29,30). The van der Waals surface area contributed by atoms with Crippen LogP contribution in [0.3, 0.4) is 0 Å². The van der Waals surface area contributed by atoms with E-state index < -0.39 is 26.7 Å². The number of halogens is 3. The lowest BCUT2D eigenvalue weighted by atomic mass is 9.88. The van der Waals surface area contributed by atoms with Crippen LogP contribution < -0.4 is 10.5 Å². The minimum Gasteiger partial charge on any atom is -0.315 e. The van der Waals surface area contributed by atoms with Crippen molar-refractivity contribution in [1.82, 2.24) is 30.8 Å². The second kappa shape index (κ2) is 8.41. The van der Waals surface area contributed by atoms with E-state index in [1.807, 2.05) is 12.1 Å². The van der Waals surface area contributed by atoms with Crippen LogP contribution in [0.1, 0.15) is 23.5 Å². The SMILES string of the molecule is NS(=O)(=O)c1c(C(F)(F)F)ccc(-c2ccc(C3CN(C4CCNC4)C3)cc2)c1-c1nn[nH]n1. The molecule has 34 heavy (non-hydrogen) atoms. The fraction of sp³-hybridized carbons (Fsp3) is 0.381. The van der Waals surface area contributed by atoms with Gasteiger partial charge in [-0.25, -0.2) is 13.6 Å². The third-order valence-electron chi connectivity index (χ3n) is 6.47. The lowest BCUT2D eigenvalue weighted by molar-refractivity contribution is -0.139. The molecule has 0 amide bonds. The Morgan fingerprint density at radius 1 is 1.09 bits per heavy atom. The van der Waals surface area contributed by atoms with Gasteiger partial charge in [-0.2, -0.15) is 18.4 Å². The van der Waals surface area contributed by atoms with Gasteiger partial charge >= 0.3 is 6.18 Å². The highest BCUT2D eigenvalue weighted by atomic mass is 32.2. The fourth-order valence-corrected chi connectivity index (χ4v) is 5.72. The number of sulfonamides is 1. The molecule has 13 heteroatoms. The van der Waals surface area contributed by atoms with Crippen LogP contribution in [0.25, 0.3) is 22.5 Å². The fourth-order valence-electron chi connectivity index (χ4n) is 4.74. The average Bonchev–Trinajstić information content (AvgIpc) is 3.45. The van der Waals surface area contributed by atoms with Gasteiger partial charge in [-0.1, -0.05) is 30.3 Å². The number of H-pyrrole nitrogens is 1. The molecule has 3 aromatic rings. The summed E-state index contributed by atoms with van der Waals surface area (Å²) in [5.74, 6) is 0.0768. The zero-order valence-electron chi connectivity index (χ0n) is 17.9. The second-order valence-corrected chi connectivity index (χ2v) is 10.1. The Morgan fingerprint density at radius 2 is 1.82 bits per heavy atom. The molecule has 1 aromatic heterocycles. The number of hydrogen-bond acceptors (Lipinski definition) is 7. The van der Waals surface area contributed by atoms with Crippen LogP contribution >= 0.6 is 0 Å². The number of likely N-dealkylation sites (tertiary alicyclic amines) is 1. The van der Waals surface area contributed by atoms with Crippen LogP contribution in [-0.4, -0.2) is 66.2 Å². The number of primary sulfonamides is 1. The van der Waals surface area contributed by atoms with Crippen molar-refractivity contribution in [1.29, 1.82) is 0 Å². The first-order valence-electron chi connectivity index (χ1n) is 10.7. The molecule has 5 rings (SSSR count). The number of nitrogens with zero attached hydrogens (tertiary/aromatic N) is 4. The highest BCUT2D eigenvalue weighted by Gasteiger charge is 2.40. The third kappa shape index (κ3) is 4.19. The van der Waals surface area contributed by atoms with Crippen LogP contribution in [0.2, 0.25) is 0 Å². The number of alkyl halides is 3. The lowest BCUT2D eigenvalue weighted by Gasteiger charge is -2.43. The molecule has 0 bridgehead atoms. The summed E-state index contributed by atoms with van der Waals surface area (Å²) in [6, 6.07) is 9.83. The van der Waals surface area contributed by atoms with Crippen molar-refractivity contribution in [3.63, 3.8) is 0 Å². The zero-order chi connectivity index (χ0) is 24.1. The first-order valence-corrected chi connectivity index (χ1v) is 12.2. The maximum Gasteiger partial charge on any atom is 0.417 e. The normalized spacial score (nSPS) is 19.9. The smallest absolute Gasteiger partial charge is 0.315 e. The van der Waals surface area contributed by atoms with Crippen LogP contribution in [0.15, 0.2) is 41.3 Å². The van der Waals surface area contributed by atoms with Crippen molar-refractivity contribution in [2.24, 2.45) is 5.14 Å². The summed E-state index contributed by atoms with van der Waals surface area (Å²) in [7, 11) is -4.79. The summed E-state index contributed by atoms with van der Waals surface area (Å²) in [6.07, 6.45) is -3.81. The number of aromatic nitrogens is 4. The summed E-state index contributed by atoms with van der Waals surface area (Å²) < 4.78 is 65.6. The lowest BCUT2D eigenvalue weighted by Crippen LogP contribution is -2.51. The molecule has 2 fully saturated rings. The quantitative estimate of drug-likeness (QED) is 0.495. The molecule has 0 spiro atoms. The molecular weight excluding hydrogens is 471 g/mol. The van der Waals surface area contributed by atoms with Crippen LogP contribution in [0.5, 0.6) is 0 Å². The van der Waals surface area contributed by atoms with Gasteiger partial charge in [-0.15, -0.1) is 10.2 Å². The van der Waals surface area contributed by atoms with Gasteiger partial charge in [-0.05, 0) is 40.9 Å². The number of aromatic amines is 1. The monoisotopic (exact) mass is 493 g/mol. The number of rotatable bonds is 5. The summed E-state index contributed by atoms with van der Waals surface area (Å²) in [5, 5.41) is 21.6. The van der Waals surface area contributed by atoms with Crippen molar-refractivity contribution < 1.29 is 21.6 Å². The van der Waals surface area contributed by atoms with Crippen LogP contribution in [-0.2, 0) is 16.2 Å². The van der Waals surface area contributed by atoms with E-state index in [2.05, 4.69) is 30.8 Å². The Kier molecular flexibility index (Phi) is 5.67. The van der Waals surface area contributed by atoms with Crippen LogP contribution in [0.4, 0.5) is 13.2 Å². The van der Waals surface area contributed by atoms with E-state index in [9.17, 15) is 21.6 Å². The van der Waals surface area contributed by atoms with Crippen molar-refractivity contribution >= 4 is 10.0 Å². The van der Waals surface area contributed by atoms with Gasteiger partial charge in [0.1, 0.15) is 4.90 Å². The minimum atomic E-state index is -4.95. The van der Waals surface area contributed by atoms with Crippen LogP contribution in [0, 0.1) is 0 Å². The van der Waals surface area contributed by atoms with E-state index in [0.717, 1.165) is 38.2 Å². The number of hydrogen-bond donors (Lipinski definition) is 3. The number of nitrogens with two attached hydrogens (primary N) is 1. The van der Waals surface area contributed by atoms with Crippen molar-refractivity contribution in [3.8, 4) is 22.5 Å². The molecule has 3 heterocycles. The molecular formula is C21H22F3N7O2S. The largest absolute Gasteiger partial charge is 0.417 e. The summed E-state index contributed by atoms with van der Waals surface area (Å²) >= 11 is 0. The molecule has 2 saturated heterocycles. The molecule has 180 valence electrons. The van der Waals surface area contributed by atoms with Gasteiger partial charge in [-0.3, -0.25) is 4.90 Å². The first-order chi connectivity index (χ1) is 16.1. The zero-order valence-corrected chi connectivity index (χ0v) is 18.7. The molecule has 0 aliphatic carbocycles. The van der Waals surface area contributed by atoms with Gasteiger partial charge < -0.3 is 5.32 Å². The predicted molar refractivity (Wildman–Crippen MR) is 117 cm³/mol.